The fourth-order valence-corrected chi connectivity index (χ4v) is 4.25. The summed E-state index contributed by atoms with van der Waals surface area (Å²) in [6.45, 7) is 8.33. The van der Waals surface area contributed by atoms with Crippen LogP contribution in [0.4, 0.5) is 0 Å². The number of hydrogen-bond donors (Lipinski definition) is 3. The molecule has 3 fully saturated rings. The number of fused-ring (bicyclic) bond motifs is 3. The number of nitrogens with one attached hydrogen (secondary N) is 1. The number of carboxylic acids is 2. The van der Waals surface area contributed by atoms with Crippen LogP contribution in [0.15, 0.2) is 36.7 Å². The second-order valence-corrected chi connectivity index (χ2v) is 7.66. The zero-order valence-corrected chi connectivity index (χ0v) is 16.8. The molecule has 0 aromatic rings. The van der Waals surface area contributed by atoms with Crippen molar-refractivity contribution in [3.05, 3.63) is 36.7 Å². The lowest BCUT2D eigenvalue weighted by atomic mass is 9.77. The maximum Gasteiger partial charge on any atom is 0.328 e. The highest BCUT2D eigenvalue weighted by molar-refractivity contribution is 7.95. The Morgan fingerprint density at radius 3 is 2.46 bits per heavy atom. The molecule has 0 aromatic heterocycles. The second-order valence-electron chi connectivity index (χ2n) is 6.91. The Hall–Kier alpha value is -1.97. The first-order valence-corrected chi connectivity index (χ1v) is 10.3. The van der Waals surface area contributed by atoms with Crippen molar-refractivity contribution < 1.29 is 24.6 Å². The van der Waals surface area contributed by atoms with Crippen molar-refractivity contribution in [2.75, 3.05) is 26.2 Å². The van der Waals surface area contributed by atoms with Crippen LogP contribution in [0.25, 0.3) is 0 Å². The number of allylic oxidation sites excluding steroid dienone is 1. The number of hydrogen-bond acceptors (Lipinski definition) is 7. The van der Waals surface area contributed by atoms with Gasteiger partial charge in [0.25, 0.3) is 0 Å². The molecule has 8 nitrogen and oxygen atoms in total. The summed E-state index contributed by atoms with van der Waals surface area (Å²) in [6, 6.07) is 0. The molecule has 1 unspecified atom stereocenters. The maximum absolute atomic E-state index is 9.55. The molecule has 1 atom stereocenters. The smallest absolute Gasteiger partial charge is 0.328 e. The van der Waals surface area contributed by atoms with Crippen LogP contribution in [-0.2, 0) is 14.4 Å². The van der Waals surface area contributed by atoms with Crippen LogP contribution in [0.5, 0.6) is 0 Å². The molecule has 3 N–H and O–H groups in total. The van der Waals surface area contributed by atoms with E-state index in [0.717, 1.165) is 31.8 Å². The summed E-state index contributed by atoms with van der Waals surface area (Å²) in [5.41, 5.74) is 1.34. The number of nitrogens with zero attached hydrogens (tertiary/aromatic N) is 2. The minimum Gasteiger partial charge on any atom is -0.478 e. The Morgan fingerprint density at radius 1 is 1.25 bits per heavy atom. The molecule has 4 rings (SSSR count). The first kappa shape index (κ1) is 22.3. The molecule has 0 aliphatic carbocycles. The molecule has 0 saturated carbocycles. The van der Waals surface area contributed by atoms with E-state index in [-0.39, 0.29) is 0 Å². The fraction of sp³-hybridized carbons (Fsp3) is 0.579. The quantitative estimate of drug-likeness (QED) is 0.229. The third-order valence-corrected chi connectivity index (χ3v) is 5.67. The zero-order valence-electron chi connectivity index (χ0n) is 16.0. The van der Waals surface area contributed by atoms with E-state index in [1.54, 1.807) is 12.1 Å². The van der Waals surface area contributed by atoms with Gasteiger partial charge in [0.2, 0.25) is 0 Å². The lowest BCUT2D eigenvalue weighted by molar-refractivity contribution is -0.134. The molecule has 28 heavy (non-hydrogen) atoms. The van der Waals surface area contributed by atoms with Gasteiger partial charge in [0.15, 0.2) is 0 Å². The van der Waals surface area contributed by atoms with Crippen LogP contribution in [-0.4, -0.2) is 57.8 Å². The SMILES string of the molecule is C=CCCCCON1SNC=C1C1CN2CCC1CC2.O=C(O)C=CC(=O)O. The second kappa shape index (κ2) is 11.8. The first-order chi connectivity index (χ1) is 13.5. The third kappa shape index (κ3) is 7.21. The predicted molar refractivity (Wildman–Crippen MR) is 108 cm³/mol. The summed E-state index contributed by atoms with van der Waals surface area (Å²) in [6.07, 6.45) is 11.3. The number of rotatable bonds is 9. The highest BCUT2D eigenvalue weighted by Crippen LogP contribution is 2.40. The molecule has 156 valence electrons. The van der Waals surface area contributed by atoms with Crippen molar-refractivity contribution in [1.29, 1.82) is 0 Å². The van der Waals surface area contributed by atoms with E-state index < -0.39 is 11.9 Å². The topological polar surface area (TPSA) is 102 Å². The lowest BCUT2D eigenvalue weighted by Crippen LogP contribution is -2.49. The average Bonchev–Trinajstić information content (AvgIpc) is 3.16. The van der Waals surface area contributed by atoms with Crippen LogP contribution in [0.3, 0.4) is 0 Å². The van der Waals surface area contributed by atoms with Gasteiger partial charge in [-0.05, 0) is 51.1 Å². The van der Waals surface area contributed by atoms with Crippen molar-refractivity contribution >= 4 is 24.1 Å². The average molecular weight is 412 g/mol. The predicted octanol–water partition coefficient (Wildman–Crippen LogP) is 2.64. The van der Waals surface area contributed by atoms with Gasteiger partial charge >= 0.3 is 11.9 Å². The molecular formula is C19H29N3O5S. The van der Waals surface area contributed by atoms with Crippen LogP contribution >= 0.6 is 12.1 Å². The van der Waals surface area contributed by atoms with Crippen molar-refractivity contribution in [2.24, 2.45) is 11.8 Å². The van der Waals surface area contributed by atoms with Gasteiger partial charge in [-0.25, -0.2) is 9.59 Å². The number of piperidine rings is 3. The van der Waals surface area contributed by atoms with Gasteiger partial charge in [0.1, 0.15) is 0 Å². The summed E-state index contributed by atoms with van der Waals surface area (Å²) >= 11 is 1.57. The summed E-state index contributed by atoms with van der Waals surface area (Å²) in [7, 11) is 0. The van der Waals surface area contributed by atoms with Gasteiger partial charge in [-0.1, -0.05) is 6.08 Å². The van der Waals surface area contributed by atoms with E-state index in [2.05, 4.69) is 22.4 Å². The highest BCUT2D eigenvalue weighted by Gasteiger charge is 2.39. The molecule has 0 spiro atoms. The normalized spacial score (nSPS) is 25.6. The Labute approximate surface area is 170 Å². The summed E-state index contributed by atoms with van der Waals surface area (Å²) in [5, 5.41) is 15.6. The van der Waals surface area contributed by atoms with Crippen LogP contribution in [0.1, 0.15) is 32.1 Å². The number of carbonyl (C=O) groups is 2. The Morgan fingerprint density at radius 2 is 1.93 bits per heavy atom. The summed E-state index contributed by atoms with van der Waals surface area (Å²) in [4.78, 5) is 27.6. The molecule has 0 aromatic carbocycles. The Bertz CT molecular complexity index is 586. The standard InChI is InChI=1S/C15H25N3OS.C4H4O4/c1-2-3-4-5-10-19-18-15(11-16-20-18)14-12-17-8-6-13(14)7-9-17;5-3(6)1-2-4(7)8/h2,11,13-14,16H,1,3-10,12H2;1-2H,(H,5,6)(H,7,8). The Balaban J connectivity index is 0.000000300. The number of aliphatic carboxylic acids is 2. The van der Waals surface area contributed by atoms with Crippen LogP contribution < -0.4 is 4.72 Å². The lowest BCUT2D eigenvalue weighted by Gasteiger charge is -2.45. The van der Waals surface area contributed by atoms with E-state index in [0.29, 0.717) is 18.1 Å². The number of unbranched alkanes of at least 4 members (excludes halogenated alkanes) is 2. The molecule has 4 heterocycles. The number of hydroxylamine groups is 1. The van der Waals surface area contributed by atoms with E-state index in [1.165, 1.54) is 38.2 Å². The van der Waals surface area contributed by atoms with E-state index >= 15 is 0 Å². The van der Waals surface area contributed by atoms with E-state index in [4.69, 9.17) is 15.1 Å². The molecule has 9 heteroatoms. The van der Waals surface area contributed by atoms with Crippen molar-refractivity contribution in [1.82, 2.24) is 14.1 Å². The highest BCUT2D eigenvalue weighted by atomic mass is 32.2. The molecule has 4 aliphatic heterocycles. The molecule has 0 amide bonds. The molecule has 4 aliphatic rings. The fourth-order valence-electron chi connectivity index (χ4n) is 3.56. The maximum atomic E-state index is 9.55. The van der Waals surface area contributed by atoms with Crippen LogP contribution in [0.2, 0.25) is 0 Å². The van der Waals surface area contributed by atoms with Gasteiger partial charge in [-0.2, -0.15) is 4.47 Å². The summed E-state index contributed by atoms with van der Waals surface area (Å²) < 4.78 is 5.27. The van der Waals surface area contributed by atoms with E-state index in [9.17, 15) is 9.59 Å². The monoisotopic (exact) mass is 411 g/mol. The van der Waals surface area contributed by atoms with Crippen molar-refractivity contribution in [3.8, 4) is 0 Å². The minimum absolute atomic E-state index is 0.558. The van der Waals surface area contributed by atoms with Gasteiger partial charge in [-0.3, -0.25) is 4.84 Å². The van der Waals surface area contributed by atoms with Crippen LogP contribution in [0, 0.1) is 11.8 Å². The van der Waals surface area contributed by atoms with Gasteiger partial charge < -0.3 is 19.8 Å². The van der Waals surface area contributed by atoms with E-state index in [1.807, 2.05) is 10.5 Å². The molecule has 3 saturated heterocycles. The Kier molecular flexibility index (Phi) is 9.39. The van der Waals surface area contributed by atoms with Gasteiger partial charge in [-0.15, -0.1) is 6.58 Å². The van der Waals surface area contributed by atoms with Gasteiger partial charge in [0.05, 0.1) is 24.4 Å². The molecule has 2 bridgehead atoms. The molecule has 0 radical (unpaired) electrons. The van der Waals surface area contributed by atoms with Gasteiger partial charge in [0, 0.05) is 30.8 Å². The largest absolute Gasteiger partial charge is 0.478 e. The minimum atomic E-state index is -1.26. The first-order valence-electron chi connectivity index (χ1n) is 9.54. The zero-order chi connectivity index (χ0) is 20.4. The van der Waals surface area contributed by atoms with Crippen molar-refractivity contribution in [3.63, 3.8) is 0 Å². The third-order valence-electron chi connectivity index (χ3n) is 4.97. The number of carboxylic acid groups (broad SMARTS) is 2. The molecular weight excluding hydrogens is 382 g/mol. The summed E-state index contributed by atoms with van der Waals surface area (Å²) in [5.74, 6) is -1.02. The van der Waals surface area contributed by atoms with Crippen molar-refractivity contribution in [2.45, 2.75) is 32.1 Å².